The molecule has 0 saturated heterocycles. The summed E-state index contributed by atoms with van der Waals surface area (Å²) in [4.78, 5) is 11.5. The van der Waals surface area contributed by atoms with Crippen molar-refractivity contribution >= 4 is 29.3 Å². The van der Waals surface area contributed by atoms with Crippen LogP contribution in [0.3, 0.4) is 0 Å². The molecule has 1 rings (SSSR count). The van der Waals surface area contributed by atoms with Crippen LogP contribution >= 0.6 is 12.2 Å². The number of amides is 1. The molecule has 0 spiro atoms. The molecule has 1 aromatic rings. The van der Waals surface area contributed by atoms with Gasteiger partial charge in [0.25, 0.3) is 0 Å². The Kier molecular flexibility index (Phi) is 6.32. The SMILES string of the molecule is C=CCNC(=S)NC(=O)/C=C/c1ccc(OC)cc1. The molecule has 19 heavy (non-hydrogen) atoms. The maximum Gasteiger partial charge on any atom is 0.250 e. The first kappa shape index (κ1) is 14.9. The molecule has 2 N–H and O–H groups in total. The van der Waals surface area contributed by atoms with Gasteiger partial charge in [-0.05, 0) is 36.0 Å². The topological polar surface area (TPSA) is 50.4 Å². The van der Waals surface area contributed by atoms with Gasteiger partial charge in [-0.2, -0.15) is 0 Å². The third-order valence-electron chi connectivity index (χ3n) is 2.19. The first-order valence-corrected chi connectivity index (χ1v) is 6.08. The van der Waals surface area contributed by atoms with Gasteiger partial charge >= 0.3 is 0 Å². The average Bonchev–Trinajstić information content (AvgIpc) is 2.43. The number of hydrogen-bond acceptors (Lipinski definition) is 3. The predicted molar refractivity (Wildman–Crippen MR) is 81.0 cm³/mol. The second-order valence-electron chi connectivity index (χ2n) is 3.59. The van der Waals surface area contributed by atoms with Crippen molar-refractivity contribution in [3.8, 4) is 5.75 Å². The normalized spacial score (nSPS) is 9.95. The molecule has 0 aromatic heterocycles. The van der Waals surface area contributed by atoms with Crippen molar-refractivity contribution in [3.63, 3.8) is 0 Å². The molecule has 4 nitrogen and oxygen atoms in total. The number of methoxy groups -OCH3 is 1. The first-order chi connectivity index (χ1) is 9.15. The van der Waals surface area contributed by atoms with E-state index >= 15 is 0 Å². The fourth-order valence-corrected chi connectivity index (χ4v) is 1.43. The Balaban J connectivity index is 2.48. The fourth-order valence-electron chi connectivity index (χ4n) is 1.25. The minimum Gasteiger partial charge on any atom is -0.497 e. The Hall–Kier alpha value is -2.14. The van der Waals surface area contributed by atoms with Crippen LogP contribution in [-0.4, -0.2) is 24.7 Å². The van der Waals surface area contributed by atoms with Gasteiger partial charge in [0, 0.05) is 12.6 Å². The van der Waals surface area contributed by atoms with Crippen LogP contribution < -0.4 is 15.4 Å². The summed E-state index contributed by atoms with van der Waals surface area (Å²) in [7, 11) is 1.61. The van der Waals surface area contributed by atoms with Crippen molar-refractivity contribution in [3.05, 3.63) is 48.6 Å². The summed E-state index contributed by atoms with van der Waals surface area (Å²) in [6.07, 6.45) is 4.78. The van der Waals surface area contributed by atoms with E-state index < -0.39 is 0 Å². The molecule has 0 aliphatic carbocycles. The lowest BCUT2D eigenvalue weighted by atomic mass is 10.2. The average molecular weight is 276 g/mol. The quantitative estimate of drug-likeness (QED) is 0.490. The van der Waals surface area contributed by atoms with E-state index in [9.17, 15) is 4.79 Å². The van der Waals surface area contributed by atoms with Crippen LogP contribution in [0.25, 0.3) is 6.08 Å². The molecule has 5 heteroatoms. The van der Waals surface area contributed by atoms with E-state index in [1.807, 2.05) is 24.3 Å². The van der Waals surface area contributed by atoms with E-state index in [1.54, 1.807) is 19.3 Å². The summed E-state index contributed by atoms with van der Waals surface area (Å²) in [5.74, 6) is 0.494. The van der Waals surface area contributed by atoms with Crippen molar-refractivity contribution in [2.24, 2.45) is 0 Å². The second-order valence-corrected chi connectivity index (χ2v) is 4.00. The summed E-state index contributed by atoms with van der Waals surface area (Å²) >= 11 is 4.92. The van der Waals surface area contributed by atoms with Crippen LogP contribution in [-0.2, 0) is 4.79 Å². The van der Waals surface area contributed by atoms with Crippen LogP contribution in [0.2, 0.25) is 0 Å². The minimum atomic E-state index is -0.280. The number of benzene rings is 1. The first-order valence-electron chi connectivity index (χ1n) is 5.67. The van der Waals surface area contributed by atoms with Gasteiger partial charge in [0.05, 0.1) is 7.11 Å². The van der Waals surface area contributed by atoms with Crippen LogP contribution in [0.1, 0.15) is 5.56 Å². The Labute approximate surface area is 118 Å². The van der Waals surface area contributed by atoms with Gasteiger partial charge in [0.15, 0.2) is 5.11 Å². The number of carbonyl (C=O) groups excluding carboxylic acids is 1. The molecular weight excluding hydrogens is 260 g/mol. The lowest BCUT2D eigenvalue weighted by Gasteiger charge is -2.04. The third-order valence-corrected chi connectivity index (χ3v) is 2.43. The largest absolute Gasteiger partial charge is 0.497 e. The van der Waals surface area contributed by atoms with E-state index in [1.165, 1.54) is 6.08 Å². The maximum absolute atomic E-state index is 11.5. The van der Waals surface area contributed by atoms with Gasteiger partial charge in [-0.25, -0.2) is 0 Å². The molecule has 0 aliphatic rings. The zero-order valence-electron chi connectivity index (χ0n) is 10.7. The monoisotopic (exact) mass is 276 g/mol. The van der Waals surface area contributed by atoms with E-state index in [0.717, 1.165) is 11.3 Å². The molecule has 0 heterocycles. The summed E-state index contributed by atoms with van der Waals surface area (Å²) in [6.45, 7) is 4.06. The van der Waals surface area contributed by atoms with Gasteiger partial charge in [0.2, 0.25) is 5.91 Å². The van der Waals surface area contributed by atoms with Crippen molar-refractivity contribution in [1.29, 1.82) is 0 Å². The standard InChI is InChI=1S/C14H16N2O2S/c1-3-10-15-14(19)16-13(17)9-6-11-4-7-12(18-2)8-5-11/h3-9H,1,10H2,2H3,(H2,15,16,17,19)/b9-6+. The summed E-state index contributed by atoms with van der Waals surface area (Å²) in [5.41, 5.74) is 0.904. The summed E-state index contributed by atoms with van der Waals surface area (Å²) in [5, 5.41) is 5.62. The van der Waals surface area contributed by atoms with Crippen LogP contribution in [0.4, 0.5) is 0 Å². The minimum absolute atomic E-state index is 0.280. The Morgan fingerprint density at radius 3 is 2.68 bits per heavy atom. The van der Waals surface area contributed by atoms with E-state index in [0.29, 0.717) is 6.54 Å². The number of nitrogens with one attached hydrogen (secondary N) is 2. The molecule has 0 radical (unpaired) electrons. The van der Waals surface area contributed by atoms with Crippen molar-refractivity contribution in [2.45, 2.75) is 0 Å². The summed E-state index contributed by atoms with van der Waals surface area (Å²) in [6, 6.07) is 7.37. The lowest BCUT2D eigenvalue weighted by molar-refractivity contribution is -0.115. The fraction of sp³-hybridized carbons (Fsp3) is 0.143. The molecule has 0 saturated carbocycles. The summed E-state index contributed by atoms with van der Waals surface area (Å²) < 4.78 is 5.05. The van der Waals surface area contributed by atoms with Crippen LogP contribution in [0.5, 0.6) is 5.75 Å². The highest BCUT2D eigenvalue weighted by Crippen LogP contribution is 2.11. The highest BCUT2D eigenvalue weighted by atomic mass is 32.1. The van der Waals surface area contributed by atoms with Crippen LogP contribution in [0, 0.1) is 0 Å². The van der Waals surface area contributed by atoms with Gasteiger partial charge in [-0.15, -0.1) is 6.58 Å². The Bertz CT molecular complexity index is 481. The molecule has 0 atom stereocenters. The highest BCUT2D eigenvalue weighted by molar-refractivity contribution is 7.80. The molecule has 0 aliphatic heterocycles. The maximum atomic E-state index is 11.5. The molecule has 0 unspecified atom stereocenters. The number of rotatable bonds is 5. The Morgan fingerprint density at radius 2 is 2.11 bits per heavy atom. The van der Waals surface area contributed by atoms with Gasteiger partial charge in [-0.3, -0.25) is 10.1 Å². The zero-order valence-corrected chi connectivity index (χ0v) is 11.5. The van der Waals surface area contributed by atoms with Gasteiger partial charge in [-0.1, -0.05) is 18.2 Å². The molecule has 1 amide bonds. The predicted octanol–water partition coefficient (Wildman–Crippen LogP) is 1.89. The third kappa shape index (κ3) is 5.83. The Morgan fingerprint density at radius 1 is 1.42 bits per heavy atom. The lowest BCUT2D eigenvalue weighted by Crippen LogP contribution is -2.38. The molecule has 1 aromatic carbocycles. The molecule has 0 fully saturated rings. The number of ether oxygens (including phenoxy) is 1. The zero-order chi connectivity index (χ0) is 14.1. The molecule has 0 bridgehead atoms. The molecule has 100 valence electrons. The molecular formula is C14H16N2O2S. The van der Waals surface area contributed by atoms with E-state index in [2.05, 4.69) is 17.2 Å². The van der Waals surface area contributed by atoms with Crippen molar-refractivity contribution in [1.82, 2.24) is 10.6 Å². The highest BCUT2D eigenvalue weighted by Gasteiger charge is 1.98. The van der Waals surface area contributed by atoms with Gasteiger partial charge in [0.1, 0.15) is 5.75 Å². The van der Waals surface area contributed by atoms with E-state index in [4.69, 9.17) is 17.0 Å². The number of carbonyl (C=O) groups is 1. The number of hydrogen-bond donors (Lipinski definition) is 2. The second kappa shape index (κ2) is 8.05. The smallest absolute Gasteiger partial charge is 0.250 e. The van der Waals surface area contributed by atoms with Crippen molar-refractivity contribution in [2.75, 3.05) is 13.7 Å². The number of thiocarbonyl (C=S) groups is 1. The van der Waals surface area contributed by atoms with Crippen LogP contribution in [0.15, 0.2) is 43.0 Å². The van der Waals surface area contributed by atoms with Gasteiger partial charge < -0.3 is 10.1 Å². The van der Waals surface area contributed by atoms with E-state index in [-0.39, 0.29) is 11.0 Å². The van der Waals surface area contributed by atoms with Crippen molar-refractivity contribution < 1.29 is 9.53 Å².